The fourth-order valence-corrected chi connectivity index (χ4v) is 3.69. The van der Waals surface area contributed by atoms with E-state index in [0.29, 0.717) is 17.9 Å². The summed E-state index contributed by atoms with van der Waals surface area (Å²) in [5.41, 5.74) is 2.68. The van der Waals surface area contributed by atoms with E-state index in [1.54, 1.807) is 12.4 Å². The van der Waals surface area contributed by atoms with Crippen LogP contribution in [0.4, 0.5) is 11.6 Å². The molecule has 0 saturated carbocycles. The normalized spacial score (nSPS) is 16.7. The van der Waals surface area contributed by atoms with Gasteiger partial charge in [-0.05, 0) is 20.3 Å². The Balaban J connectivity index is 1.43. The SMILES string of the molecule is Cc1cn2cc(NC(=O)c3cnc(N4CCC(NC(C)C)C4)cn3)nc(C)c2n1. The van der Waals surface area contributed by atoms with Gasteiger partial charge in [-0.25, -0.2) is 19.9 Å². The van der Waals surface area contributed by atoms with Gasteiger partial charge in [-0.3, -0.25) is 4.79 Å². The standard InChI is InChI=1S/C20H26N8O/c1-12(2)23-15-5-6-27(10-15)18-8-21-16(7-22-18)20(29)26-17-11-28-9-13(3)24-19(28)14(4)25-17/h7-9,11-12,15,23H,5-6,10H2,1-4H3,(H,26,29). The first-order chi connectivity index (χ1) is 13.9. The second-order valence-electron chi connectivity index (χ2n) is 7.79. The number of fused-ring (bicyclic) bond motifs is 1. The Morgan fingerprint density at radius 3 is 2.72 bits per heavy atom. The number of carbonyl (C=O) groups excluding carboxylic acids is 1. The highest BCUT2D eigenvalue weighted by Crippen LogP contribution is 2.18. The summed E-state index contributed by atoms with van der Waals surface area (Å²) >= 11 is 0. The molecular weight excluding hydrogens is 368 g/mol. The molecule has 4 heterocycles. The van der Waals surface area contributed by atoms with Crippen molar-refractivity contribution in [3.63, 3.8) is 0 Å². The number of imidazole rings is 1. The zero-order valence-corrected chi connectivity index (χ0v) is 17.2. The van der Waals surface area contributed by atoms with Gasteiger partial charge in [-0.1, -0.05) is 13.8 Å². The highest BCUT2D eigenvalue weighted by molar-refractivity contribution is 6.02. The summed E-state index contributed by atoms with van der Waals surface area (Å²) in [4.78, 5) is 32.3. The van der Waals surface area contributed by atoms with Crippen LogP contribution in [0, 0.1) is 13.8 Å². The van der Waals surface area contributed by atoms with Crippen molar-refractivity contribution in [2.24, 2.45) is 0 Å². The molecule has 9 heteroatoms. The molecule has 0 spiro atoms. The molecule has 3 aromatic heterocycles. The minimum absolute atomic E-state index is 0.256. The Morgan fingerprint density at radius 1 is 1.17 bits per heavy atom. The van der Waals surface area contributed by atoms with E-state index in [-0.39, 0.29) is 11.6 Å². The number of amides is 1. The van der Waals surface area contributed by atoms with Crippen LogP contribution in [0.3, 0.4) is 0 Å². The van der Waals surface area contributed by atoms with Crippen LogP contribution >= 0.6 is 0 Å². The van der Waals surface area contributed by atoms with Crippen LogP contribution in [0.1, 0.15) is 42.1 Å². The van der Waals surface area contributed by atoms with Crippen molar-refractivity contribution in [2.45, 2.75) is 46.2 Å². The van der Waals surface area contributed by atoms with E-state index in [1.807, 2.05) is 24.4 Å². The summed E-state index contributed by atoms with van der Waals surface area (Å²) in [6.07, 6.45) is 7.89. The average Bonchev–Trinajstić information content (AvgIpc) is 3.27. The number of anilines is 2. The lowest BCUT2D eigenvalue weighted by Crippen LogP contribution is -2.37. The predicted molar refractivity (Wildman–Crippen MR) is 111 cm³/mol. The molecule has 4 rings (SSSR count). The van der Waals surface area contributed by atoms with Gasteiger partial charge < -0.3 is 19.9 Å². The highest BCUT2D eigenvalue weighted by Gasteiger charge is 2.24. The van der Waals surface area contributed by atoms with Crippen LogP contribution < -0.4 is 15.5 Å². The number of aryl methyl sites for hydroxylation is 2. The monoisotopic (exact) mass is 394 g/mol. The fraction of sp³-hybridized carbons (Fsp3) is 0.450. The lowest BCUT2D eigenvalue weighted by atomic mass is 10.2. The number of carbonyl (C=O) groups is 1. The van der Waals surface area contributed by atoms with Gasteiger partial charge in [0.2, 0.25) is 0 Å². The van der Waals surface area contributed by atoms with Gasteiger partial charge in [0.25, 0.3) is 5.91 Å². The van der Waals surface area contributed by atoms with E-state index < -0.39 is 0 Å². The minimum atomic E-state index is -0.340. The second kappa shape index (κ2) is 7.75. The van der Waals surface area contributed by atoms with Crippen LogP contribution in [-0.2, 0) is 0 Å². The molecule has 0 aliphatic carbocycles. The minimum Gasteiger partial charge on any atom is -0.354 e. The molecule has 0 bridgehead atoms. The van der Waals surface area contributed by atoms with Crippen LogP contribution in [-0.4, -0.2) is 55.4 Å². The Morgan fingerprint density at radius 2 is 2.00 bits per heavy atom. The molecule has 0 radical (unpaired) electrons. The van der Waals surface area contributed by atoms with Gasteiger partial charge in [0.05, 0.1) is 30.0 Å². The Hall–Kier alpha value is -3.07. The topological polar surface area (TPSA) is 100 Å². The molecule has 0 aromatic carbocycles. The molecule has 1 fully saturated rings. The van der Waals surface area contributed by atoms with Gasteiger partial charge in [-0.2, -0.15) is 0 Å². The first kappa shape index (κ1) is 19.3. The number of aromatic nitrogens is 5. The van der Waals surface area contributed by atoms with Crippen LogP contribution in [0.15, 0.2) is 24.8 Å². The third kappa shape index (κ3) is 4.19. The molecule has 1 atom stereocenters. The summed E-state index contributed by atoms with van der Waals surface area (Å²) < 4.78 is 1.86. The van der Waals surface area contributed by atoms with E-state index in [4.69, 9.17) is 0 Å². The Kier molecular flexibility index (Phi) is 5.14. The summed E-state index contributed by atoms with van der Waals surface area (Å²) in [5.74, 6) is 0.900. The van der Waals surface area contributed by atoms with Crippen LogP contribution in [0.25, 0.3) is 5.65 Å². The Labute approximate surface area is 169 Å². The number of nitrogens with zero attached hydrogens (tertiary/aromatic N) is 6. The molecular formula is C20H26N8O. The molecule has 1 saturated heterocycles. The maximum Gasteiger partial charge on any atom is 0.277 e. The molecule has 1 aliphatic heterocycles. The van der Waals surface area contributed by atoms with Crippen molar-refractivity contribution in [2.75, 3.05) is 23.3 Å². The van der Waals surface area contributed by atoms with Crippen molar-refractivity contribution >= 4 is 23.2 Å². The van der Waals surface area contributed by atoms with Gasteiger partial charge in [0, 0.05) is 31.4 Å². The van der Waals surface area contributed by atoms with Crippen molar-refractivity contribution in [1.82, 2.24) is 29.7 Å². The maximum absolute atomic E-state index is 12.6. The zero-order valence-electron chi connectivity index (χ0n) is 17.2. The predicted octanol–water partition coefficient (Wildman–Crippen LogP) is 1.97. The quantitative estimate of drug-likeness (QED) is 0.682. The molecule has 1 amide bonds. The summed E-state index contributed by atoms with van der Waals surface area (Å²) in [6, 6.07) is 0.913. The summed E-state index contributed by atoms with van der Waals surface area (Å²) in [7, 11) is 0. The van der Waals surface area contributed by atoms with E-state index in [2.05, 4.69) is 49.3 Å². The van der Waals surface area contributed by atoms with E-state index in [9.17, 15) is 4.79 Å². The van der Waals surface area contributed by atoms with Gasteiger partial charge in [0.15, 0.2) is 5.65 Å². The van der Waals surface area contributed by atoms with Crippen molar-refractivity contribution in [3.05, 3.63) is 41.9 Å². The first-order valence-electron chi connectivity index (χ1n) is 9.86. The molecule has 3 aromatic rings. The summed E-state index contributed by atoms with van der Waals surface area (Å²) in [5, 5.41) is 6.34. The smallest absolute Gasteiger partial charge is 0.277 e. The zero-order chi connectivity index (χ0) is 20.5. The van der Waals surface area contributed by atoms with Gasteiger partial charge >= 0.3 is 0 Å². The molecule has 9 nitrogen and oxygen atoms in total. The molecule has 1 unspecified atom stereocenters. The average molecular weight is 394 g/mol. The van der Waals surface area contributed by atoms with E-state index in [1.165, 1.54) is 6.20 Å². The maximum atomic E-state index is 12.6. The Bertz CT molecular complexity index is 1030. The van der Waals surface area contributed by atoms with Crippen molar-refractivity contribution in [3.8, 4) is 0 Å². The highest BCUT2D eigenvalue weighted by atomic mass is 16.1. The third-order valence-corrected chi connectivity index (χ3v) is 4.92. The van der Waals surface area contributed by atoms with Gasteiger partial charge in [-0.15, -0.1) is 0 Å². The van der Waals surface area contributed by atoms with Crippen molar-refractivity contribution < 1.29 is 4.79 Å². The van der Waals surface area contributed by atoms with Crippen molar-refractivity contribution in [1.29, 1.82) is 0 Å². The third-order valence-electron chi connectivity index (χ3n) is 4.92. The van der Waals surface area contributed by atoms with Crippen LogP contribution in [0.2, 0.25) is 0 Å². The molecule has 29 heavy (non-hydrogen) atoms. The fourth-order valence-electron chi connectivity index (χ4n) is 3.69. The number of hydrogen-bond acceptors (Lipinski definition) is 7. The number of rotatable bonds is 5. The lowest BCUT2D eigenvalue weighted by Gasteiger charge is -2.19. The first-order valence-corrected chi connectivity index (χ1v) is 9.86. The van der Waals surface area contributed by atoms with E-state index in [0.717, 1.165) is 42.4 Å². The molecule has 2 N–H and O–H groups in total. The van der Waals surface area contributed by atoms with Gasteiger partial charge in [0.1, 0.15) is 17.3 Å². The largest absolute Gasteiger partial charge is 0.354 e. The molecule has 152 valence electrons. The second-order valence-corrected chi connectivity index (χ2v) is 7.79. The number of nitrogens with one attached hydrogen (secondary N) is 2. The molecule has 1 aliphatic rings. The lowest BCUT2D eigenvalue weighted by molar-refractivity contribution is 0.102. The number of hydrogen-bond donors (Lipinski definition) is 2. The van der Waals surface area contributed by atoms with Crippen LogP contribution in [0.5, 0.6) is 0 Å². The summed E-state index contributed by atoms with van der Waals surface area (Å²) in [6.45, 7) is 9.91. The van der Waals surface area contributed by atoms with E-state index >= 15 is 0 Å².